The molecular weight excluding hydrogens is 376 g/mol. The third kappa shape index (κ3) is 2.77. The fourth-order valence-electron chi connectivity index (χ4n) is 10.6. The standard InChI is InChI=1S/C30H50O/c1-25(2)13-14-27(5)15-17-29(7)22-11-9-20-21(10-12-24(31)26(20,3)4)28(22,6)16-18-30(29,8)23(27)19-25/h15,17,20-24,31H,9-14,16,18-19H2,1-8H3. The maximum Gasteiger partial charge on any atom is 0.0594 e. The first-order chi connectivity index (χ1) is 14.2. The van der Waals surface area contributed by atoms with Crippen molar-refractivity contribution in [1.82, 2.24) is 0 Å². The van der Waals surface area contributed by atoms with Crippen molar-refractivity contribution in [3.05, 3.63) is 12.2 Å². The molecule has 0 aromatic rings. The molecule has 1 nitrogen and oxygen atoms in total. The number of aliphatic hydroxyl groups is 1. The molecule has 0 aromatic heterocycles. The molecule has 0 aliphatic heterocycles. The fourth-order valence-corrected chi connectivity index (χ4v) is 10.6. The second-order valence-electron chi connectivity index (χ2n) is 15.2. The molecule has 0 heterocycles. The molecule has 9 unspecified atom stereocenters. The molecule has 1 heteroatoms. The molecule has 5 aliphatic carbocycles. The minimum atomic E-state index is -0.113. The quantitative estimate of drug-likeness (QED) is 0.389. The van der Waals surface area contributed by atoms with Gasteiger partial charge in [-0.25, -0.2) is 0 Å². The van der Waals surface area contributed by atoms with E-state index < -0.39 is 0 Å². The van der Waals surface area contributed by atoms with E-state index >= 15 is 0 Å². The first-order valence-corrected chi connectivity index (χ1v) is 13.6. The predicted molar refractivity (Wildman–Crippen MR) is 131 cm³/mol. The summed E-state index contributed by atoms with van der Waals surface area (Å²) in [6.45, 7) is 20.4. The molecule has 5 aliphatic rings. The lowest BCUT2D eigenvalue weighted by molar-refractivity contribution is -0.219. The summed E-state index contributed by atoms with van der Waals surface area (Å²) in [4.78, 5) is 0. The normalized spacial score (nSPS) is 57.3. The topological polar surface area (TPSA) is 20.2 Å². The van der Waals surface area contributed by atoms with Crippen LogP contribution in [0, 0.1) is 56.2 Å². The number of aliphatic hydroxyl groups excluding tert-OH is 1. The third-order valence-electron chi connectivity index (χ3n) is 13.1. The van der Waals surface area contributed by atoms with Crippen LogP contribution in [0.4, 0.5) is 0 Å². The van der Waals surface area contributed by atoms with E-state index in [0.717, 1.165) is 24.2 Å². The van der Waals surface area contributed by atoms with Crippen LogP contribution < -0.4 is 0 Å². The molecule has 0 aromatic carbocycles. The summed E-state index contributed by atoms with van der Waals surface area (Å²) in [6.07, 6.45) is 17.2. The van der Waals surface area contributed by atoms with Crippen LogP contribution in [-0.2, 0) is 0 Å². The van der Waals surface area contributed by atoms with Crippen LogP contribution in [0.5, 0.6) is 0 Å². The Morgan fingerprint density at radius 2 is 1.35 bits per heavy atom. The first-order valence-electron chi connectivity index (χ1n) is 13.6. The molecule has 0 bridgehead atoms. The average Bonchev–Trinajstić information content (AvgIpc) is 2.68. The second-order valence-corrected chi connectivity index (χ2v) is 15.2. The molecule has 0 amide bonds. The molecule has 0 radical (unpaired) electrons. The van der Waals surface area contributed by atoms with Gasteiger partial charge in [0.05, 0.1) is 6.10 Å². The van der Waals surface area contributed by atoms with Crippen LogP contribution in [0.1, 0.15) is 113 Å². The van der Waals surface area contributed by atoms with Crippen molar-refractivity contribution in [1.29, 1.82) is 0 Å². The van der Waals surface area contributed by atoms with Crippen LogP contribution in [-0.4, -0.2) is 11.2 Å². The van der Waals surface area contributed by atoms with E-state index in [9.17, 15) is 5.11 Å². The Morgan fingerprint density at radius 1 is 0.677 bits per heavy atom. The highest BCUT2D eigenvalue weighted by Gasteiger charge is 2.68. The van der Waals surface area contributed by atoms with Crippen molar-refractivity contribution in [3.8, 4) is 0 Å². The molecule has 0 saturated heterocycles. The number of allylic oxidation sites excluding steroid dienone is 2. The summed E-state index contributed by atoms with van der Waals surface area (Å²) in [5, 5.41) is 10.8. The van der Waals surface area contributed by atoms with Gasteiger partial charge in [0, 0.05) is 0 Å². The summed E-state index contributed by atoms with van der Waals surface area (Å²) in [7, 11) is 0. The fraction of sp³-hybridized carbons (Fsp3) is 0.933. The van der Waals surface area contributed by atoms with Crippen molar-refractivity contribution in [2.75, 3.05) is 0 Å². The molecule has 0 spiro atoms. The number of rotatable bonds is 0. The van der Waals surface area contributed by atoms with E-state index in [1.54, 1.807) is 0 Å². The molecule has 5 rings (SSSR count). The summed E-state index contributed by atoms with van der Waals surface area (Å²) in [5.74, 6) is 3.08. The van der Waals surface area contributed by atoms with E-state index in [1.165, 1.54) is 51.4 Å². The summed E-state index contributed by atoms with van der Waals surface area (Å²) in [6, 6.07) is 0. The summed E-state index contributed by atoms with van der Waals surface area (Å²) < 4.78 is 0. The molecule has 31 heavy (non-hydrogen) atoms. The zero-order chi connectivity index (χ0) is 22.7. The van der Waals surface area contributed by atoms with E-state index in [-0.39, 0.29) is 11.5 Å². The lowest BCUT2D eigenvalue weighted by Crippen LogP contribution is -2.65. The lowest BCUT2D eigenvalue weighted by Gasteiger charge is -2.72. The van der Waals surface area contributed by atoms with Gasteiger partial charge in [-0.2, -0.15) is 0 Å². The SMILES string of the molecule is CC1(C)CCC2(C)C=CC3(C)C4CCC5C(CCC(O)C5(C)C)C4(C)CCC3(C)C2C1. The largest absolute Gasteiger partial charge is 0.393 e. The Balaban J connectivity index is 1.56. The van der Waals surface area contributed by atoms with Gasteiger partial charge in [-0.3, -0.25) is 0 Å². The van der Waals surface area contributed by atoms with E-state index in [4.69, 9.17) is 0 Å². The Labute approximate surface area is 192 Å². The van der Waals surface area contributed by atoms with Gasteiger partial charge in [-0.15, -0.1) is 0 Å². The van der Waals surface area contributed by atoms with Crippen molar-refractivity contribution >= 4 is 0 Å². The second kappa shape index (κ2) is 6.43. The van der Waals surface area contributed by atoms with Crippen LogP contribution >= 0.6 is 0 Å². The number of hydrogen-bond acceptors (Lipinski definition) is 1. The van der Waals surface area contributed by atoms with Crippen molar-refractivity contribution in [3.63, 3.8) is 0 Å². The zero-order valence-electron chi connectivity index (χ0n) is 21.9. The van der Waals surface area contributed by atoms with Gasteiger partial charge in [0.25, 0.3) is 0 Å². The molecular formula is C30H50O. The van der Waals surface area contributed by atoms with Crippen molar-refractivity contribution < 1.29 is 5.11 Å². The highest BCUT2D eigenvalue weighted by molar-refractivity contribution is 5.27. The summed E-state index contributed by atoms with van der Waals surface area (Å²) >= 11 is 0. The average molecular weight is 427 g/mol. The number of fused-ring (bicyclic) bond motifs is 7. The Bertz CT molecular complexity index is 777. The van der Waals surface area contributed by atoms with Gasteiger partial charge in [-0.1, -0.05) is 67.5 Å². The van der Waals surface area contributed by atoms with Gasteiger partial charge in [-0.05, 0) is 114 Å². The third-order valence-corrected chi connectivity index (χ3v) is 13.1. The maximum atomic E-state index is 10.8. The Morgan fingerprint density at radius 3 is 2.06 bits per heavy atom. The highest BCUT2D eigenvalue weighted by Crippen LogP contribution is 2.76. The molecule has 1 N–H and O–H groups in total. The van der Waals surface area contributed by atoms with Gasteiger partial charge in [0.15, 0.2) is 0 Å². The molecule has 176 valence electrons. The van der Waals surface area contributed by atoms with Crippen LogP contribution in [0.25, 0.3) is 0 Å². The molecule has 4 saturated carbocycles. The minimum Gasteiger partial charge on any atom is -0.393 e. The van der Waals surface area contributed by atoms with Gasteiger partial charge in [0.1, 0.15) is 0 Å². The monoisotopic (exact) mass is 426 g/mol. The van der Waals surface area contributed by atoms with Gasteiger partial charge in [0.2, 0.25) is 0 Å². The maximum absolute atomic E-state index is 10.8. The number of hydrogen-bond donors (Lipinski definition) is 1. The zero-order valence-corrected chi connectivity index (χ0v) is 21.9. The van der Waals surface area contributed by atoms with E-state index in [0.29, 0.717) is 33.0 Å². The Kier molecular flexibility index (Phi) is 4.66. The molecule has 4 fully saturated rings. The first kappa shape index (κ1) is 22.5. The van der Waals surface area contributed by atoms with Crippen molar-refractivity contribution in [2.45, 2.75) is 119 Å². The van der Waals surface area contributed by atoms with E-state index in [1.807, 2.05) is 0 Å². The highest BCUT2D eigenvalue weighted by atomic mass is 16.3. The van der Waals surface area contributed by atoms with Crippen LogP contribution in [0.15, 0.2) is 12.2 Å². The van der Waals surface area contributed by atoms with Crippen LogP contribution in [0.2, 0.25) is 0 Å². The smallest absolute Gasteiger partial charge is 0.0594 e. The van der Waals surface area contributed by atoms with Gasteiger partial charge < -0.3 is 5.11 Å². The van der Waals surface area contributed by atoms with Gasteiger partial charge >= 0.3 is 0 Å². The summed E-state index contributed by atoms with van der Waals surface area (Å²) in [5.41, 5.74) is 2.11. The molecule has 9 atom stereocenters. The minimum absolute atomic E-state index is 0.0763. The van der Waals surface area contributed by atoms with Crippen LogP contribution in [0.3, 0.4) is 0 Å². The Hall–Kier alpha value is -0.300. The van der Waals surface area contributed by atoms with E-state index in [2.05, 4.69) is 67.5 Å². The van der Waals surface area contributed by atoms with Crippen molar-refractivity contribution in [2.24, 2.45) is 56.2 Å². The predicted octanol–water partition coefficient (Wildman–Crippen LogP) is 8.02. The lowest BCUT2D eigenvalue weighted by atomic mass is 9.32.